The molecule has 0 heterocycles. The first-order chi connectivity index (χ1) is 8.66. The number of benzene rings is 1. The summed E-state index contributed by atoms with van der Waals surface area (Å²) in [5.74, 6) is 0. The Morgan fingerprint density at radius 2 is 1.78 bits per heavy atom. The first-order valence-corrected chi connectivity index (χ1v) is 7.04. The van der Waals surface area contributed by atoms with Crippen LogP contribution in [0.15, 0.2) is 30.3 Å². The molecule has 0 radical (unpaired) electrons. The maximum absolute atomic E-state index is 3.43. The Kier molecular flexibility index (Phi) is 4.41. The second-order valence-corrected chi connectivity index (χ2v) is 5.95. The molecule has 1 N–H and O–H groups in total. The van der Waals surface area contributed by atoms with E-state index in [-0.39, 0.29) is 0 Å². The van der Waals surface area contributed by atoms with Crippen LogP contribution in [-0.2, 0) is 5.41 Å². The second-order valence-electron chi connectivity index (χ2n) is 5.95. The number of hydrogen-bond donors (Lipinski definition) is 1. The van der Waals surface area contributed by atoms with Crippen molar-refractivity contribution in [3.8, 4) is 0 Å². The van der Waals surface area contributed by atoms with E-state index < -0.39 is 0 Å². The summed E-state index contributed by atoms with van der Waals surface area (Å²) in [7, 11) is 6.47. The van der Waals surface area contributed by atoms with Gasteiger partial charge in [-0.2, -0.15) is 0 Å². The van der Waals surface area contributed by atoms with Crippen LogP contribution in [0.4, 0.5) is 0 Å². The highest BCUT2D eigenvalue weighted by atomic mass is 15.1. The lowest BCUT2D eigenvalue weighted by Crippen LogP contribution is -2.44. The highest BCUT2D eigenvalue weighted by Crippen LogP contribution is 2.39. The van der Waals surface area contributed by atoms with Crippen molar-refractivity contribution in [1.82, 2.24) is 10.2 Å². The van der Waals surface area contributed by atoms with Crippen LogP contribution < -0.4 is 5.32 Å². The normalized spacial score (nSPS) is 28.6. The van der Waals surface area contributed by atoms with Crippen LogP contribution in [0.5, 0.6) is 0 Å². The maximum Gasteiger partial charge on any atom is 0.00812 e. The van der Waals surface area contributed by atoms with Crippen LogP contribution in [0, 0.1) is 0 Å². The lowest BCUT2D eigenvalue weighted by atomic mass is 9.68. The van der Waals surface area contributed by atoms with Gasteiger partial charge in [0, 0.05) is 18.0 Å². The van der Waals surface area contributed by atoms with E-state index in [1.165, 1.54) is 31.2 Å². The molecule has 0 aliphatic heterocycles. The summed E-state index contributed by atoms with van der Waals surface area (Å²) in [5, 5.41) is 3.43. The molecule has 2 nitrogen and oxygen atoms in total. The molecule has 1 aliphatic rings. The third-order valence-corrected chi connectivity index (χ3v) is 4.36. The fourth-order valence-corrected chi connectivity index (χ4v) is 3.39. The summed E-state index contributed by atoms with van der Waals surface area (Å²) in [6.45, 7) is 1.16. The zero-order valence-electron chi connectivity index (χ0n) is 11.9. The van der Waals surface area contributed by atoms with E-state index in [9.17, 15) is 0 Å². The van der Waals surface area contributed by atoms with Crippen molar-refractivity contribution >= 4 is 0 Å². The molecule has 0 saturated heterocycles. The molecule has 1 saturated carbocycles. The SMILES string of the molecule is CNC1CCC(CN(C)C)(c2ccccc2)CC1. The highest BCUT2D eigenvalue weighted by Gasteiger charge is 2.36. The lowest BCUT2D eigenvalue weighted by molar-refractivity contribution is 0.195. The zero-order valence-corrected chi connectivity index (χ0v) is 11.9. The Hall–Kier alpha value is -0.860. The fraction of sp³-hybridized carbons (Fsp3) is 0.625. The van der Waals surface area contributed by atoms with Gasteiger partial charge < -0.3 is 10.2 Å². The molecular weight excluding hydrogens is 220 g/mol. The van der Waals surface area contributed by atoms with E-state index in [0.29, 0.717) is 11.5 Å². The summed E-state index contributed by atoms with van der Waals surface area (Å²) in [6.07, 6.45) is 5.17. The van der Waals surface area contributed by atoms with Gasteiger partial charge in [-0.1, -0.05) is 30.3 Å². The van der Waals surface area contributed by atoms with Crippen molar-refractivity contribution in [3.63, 3.8) is 0 Å². The van der Waals surface area contributed by atoms with Gasteiger partial charge in [-0.05, 0) is 52.4 Å². The van der Waals surface area contributed by atoms with E-state index in [0.717, 1.165) is 6.54 Å². The van der Waals surface area contributed by atoms with Crippen LogP contribution >= 0.6 is 0 Å². The smallest absolute Gasteiger partial charge is 0.00812 e. The molecule has 0 atom stereocenters. The van der Waals surface area contributed by atoms with Crippen molar-refractivity contribution in [2.45, 2.75) is 37.1 Å². The minimum absolute atomic E-state index is 0.359. The molecule has 0 bridgehead atoms. The molecule has 1 aromatic carbocycles. The van der Waals surface area contributed by atoms with E-state index in [1.54, 1.807) is 0 Å². The second kappa shape index (κ2) is 5.85. The molecule has 0 unspecified atom stereocenters. The quantitative estimate of drug-likeness (QED) is 0.878. The predicted molar refractivity (Wildman–Crippen MR) is 78.0 cm³/mol. The van der Waals surface area contributed by atoms with Crippen LogP contribution in [0.3, 0.4) is 0 Å². The van der Waals surface area contributed by atoms with Crippen molar-refractivity contribution in [2.75, 3.05) is 27.7 Å². The third-order valence-electron chi connectivity index (χ3n) is 4.36. The predicted octanol–water partition coefficient (Wildman–Crippen LogP) is 2.65. The summed E-state index contributed by atoms with van der Waals surface area (Å²) >= 11 is 0. The summed E-state index contributed by atoms with van der Waals surface area (Å²) in [4.78, 5) is 2.34. The van der Waals surface area contributed by atoms with Gasteiger partial charge in [0.1, 0.15) is 0 Å². The Labute approximate surface area is 111 Å². The molecular formula is C16H26N2. The number of rotatable bonds is 4. The van der Waals surface area contributed by atoms with Crippen molar-refractivity contribution in [1.29, 1.82) is 0 Å². The molecule has 0 aromatic heterocycles. The number of hydrogen-bond acceptors (Lipinski definition) is 2. The summed E-state index contributed by atoms with van der Waals surface area (Å²) < 4.78 is 0. The first-order valence-electron chi connectivity index (χ1n) is 7.04. The summed E-state index contributed by atoms with van der Waals surface area (Å²) in [5.41, 5.74) is 1.88. The number of nitrogens with one attached hydrogen (secondary N) is 1. The van der Waals surface area contributed by atoms with Gasteiger partial charge in [-0.3, -0.25) is 0 Å². The fourth-order valence-electron chi connectivity index (χ4n) is 3.39. The van der Waals surface area contributed by atoms with Gasteiger partial charge in [0.25, 0.3) is 0 Å². The molecule has 2 rings (SSSR count). The molecule has 100 valence electrons. The minimum atomic E-state index is 0.359. The van der Waals surface area contributed by atoms with Crippen LogP contribution in [0.1, 0.15) is 31.2 Å². The molecule has 0 spiro atoms. The average Bonchev–Trinajstić information content (AvgIpc) is 2.40. The van der Waals surface area contributed by atoms with Gasteiger partial charge >= 0.3 is 0 Å². The van der Waals surface area contributed by atoms with Gasteiger partial charge in [0.2, 0.25) is 0 Å². The molecule has 1 fully saturated rings. The Bertz CT molecular complexity index is 351. The number of nitrogens with zero attached hydrogens (tertiary/aromatic N) is 1. The Morgan fingerprint density at radius 3 is 2.28 bits per heavy atom. The molecule has 0 amide bonds. The Balaban J connectivity index is 2.20. The average molecular weight is 246 g/mol. The Morgan fingerprint density at radius 1 is 1.17 bits per heavy atom. The summed E-state index contributed by atoms with van der Waals surface area (Å²) in [6, 6.07) is 11.8. The first kappa shape index (κ1) is 13.6. The van der Waals surface area contributed by atoms with E-state index in [1.807, 2.05) is 0 Å². The van der Waals surface area contributed by atoms with Crippen LogP contribution in [-0.4, -0.2) is 38.6 Å². The highest BCUT2D eigenvalue weighted by molar-refractivity contribution is 5.27. The third kappa shape index (κ3) is 2.93. The van der Waals surface area contributed by atoms with Crippen molar-refractivity contribution in [2.24, 2.45) is 0 Å². The number of likely N-dealkylation sites (N-methyl/N-ethyl adjacent to an activating group) is 1. The molecule has 2 heteroatoms. The van der Waals surface area contributed by atoms with Crippen LogP contribution in [0.2, 0.25) is 0 Å². The lowest BCUT2D eigenvalue weighted by Gasteiger charge is -2.42. The van der Waals surface area contributed by atoms with Gasteiger partial charge in [0.15, 0.2) is 0 Å². The van der Waals surface area contributed by atoms with E-state index >= 15 is 0 Å². The van der Waals surface area contributed by atoms with Crippen LogP contribution in [0.25, 0.3) is 0 Å². The van der Waals surface area contributed by atoms with E-state index in [2.05, 4.69) is 61.7 Å². The minimum Gasteiger partial charge on any atom is -0.317 e. The maximum atomic E-state index is 3.43. The van der Waals surface area contributed by atoms with Gasteiger partial charge in [-0.15, -0.1) is 0 Å². The molecule has 1 aromatic rings. The largest absolute Gasteiger partial charge is 0.317 e. The zero-order chi connectivity index (χ0) is 13.0. The van der Waals surface area contributed by atoms with Crippen molar-refractivity contribution < 1.29 is 0 Å². The van der Waals surface area contributed by atoms with Gasteiger partial charge in [-0.25, -0.2) is 0 Å². The van der Waals surface area contributed by atoms with Gasteiger partial charge in [0.05, 0.1) is 0 Å². The monoisotopic (exact) mass is 246 g/mol. The topological polar surface area (TPSA) is 15.3 Å². The molecule has 18 heavy (non-hydrogen) atoms. The standard InChI is InChI=1S/C16H26N2/c1-17-15-9-11-16(12-10-15,13-18(2)3)14-7-5-4-6-8-14/h4-8,15,17H,9-13H2,1-3H3. The van der Waals surface area contributed by atoms with E-state index in [4.69, 9.17) is 0 Å². The van der Waals surface area contributed by atoms with Crippen molar-refractivity contribution in [3.05, 3.63) is 35.9 Å². The molecule has 1 aliphatic carbocycles.